The molecule has 0 saturated heterocycles. The van der Waals surface area contributed by atoms with Crippen LogP contribution in [0.4, 0.5) is 0 Å². The Hall–Kier alpha value is -2.27. The van der Waals surface area contributed by atoms with Gasteiger partial charge in [0.15, 0.2) is 11.4 Å². The molecule has 1 aliphatic rings. The Kier molecular flexibility index (Phi) is 4.25. The number of Topliss-reactive ketones (excluding diaryl/α,β-unsaturated/α-hetero) is 1. The predicted octanol–water partition coefficient (Wildman–Crippen LogP) is 3.83. The van der Waals surface area contributed by atoms with Crippen molar-refractivity contribution in [1.29, 1.82) is 0 Å². The molecule has 1 aromatic carbocycles. The minimum absolute atomic E-state index is 0.119. The van der Waals surface area contributed by atoms with Crippen LogP contribution in [0, 0.1) is 5.92 Å². The van der Waals surface area contributed by atoms with Crippen molar-refractivity contribution in [3.05, 3.63) is 41.7 Å². The van der Waals surface area contributed by atoms with E-state index in [0.29, 0.717) is 6.10 Å². The van der Waals surface area contributed by atoms with Gasteiger partial charge in [0.1, 0.15) is 6.33 Å². The van der Waals surface area contributed by atoms with Crippen molar-refractivity contribution < 1.29 is 9.53 Å². The number of rotatable bonds is 4. The Morgan fingerprint density at radius 2 is 2.04 bits per heavy atom. The molecule has 0 aliphatic heterocycles. The Morgan fingerprint density at radius 3 is 2.76 bits per heavy atom. The summed E-state index contributed by atoms with van der Waals surface area (Å²) in [6, 6.07) is 8.12. The minimum atomic E-state index is 0.119. The van der Waals surface area contributed by atoms with Crippen LogP contribution in [0.3, 0.4) is 0 Å². The lowest BCUT2D eigenvalue weighted by Crippen LogP contribution is -2.25. The summed E-state index contributed by atoms with van der Waals surface area (Å²) in [5.41, 5.74) is 3.89. The molecule has 3 aromatic rings. The largest absolute Gasteiger partial charge is 0.381 e. The zero-order valence-electron chi connectivity index (χ0n) is 14.7. The van der Waals surface area contributed by atoms with Crippen LogP contribution in [-0.4, -0.2) is 33.6 Å². The smallest absolute Gasteiger partial charge is 0.165 e. The Balaban J connectivity index is 1.69. The number of benzene rings is 1. The van der Waals surface area contributed by atoms with E-state index in [2.05, 4.69) is 23.2 Å². The molecule has 0 bridgehead atoms. The molecule has 0 spiro atoms. The van der Waals surface area contributed by atoms with Crippen molar-refractivity contribution in [3.63, 3.8) is 0 Å². The number of fused-ring (bicyclic) bond motifs is 3. The molecular formula is C20H23N3O2. The normalized spacial score (nSPS) is 21.0. The molecule has 0 N–H and O–H groups in total. The van der Waals surface area contributed by atoms with Gasteiger partial charge in [-0.15, -0.1) is 10.2 Å². The molecule has 0 amide bonds. The summed E-state index contributed by atoms with van der Waals surface area (Å²) < 4.78 is 7.42. The molecule has 1 fully saturated rings. The molecule has 1 saturated carbocycles. The average Bonchev–Trinajstić information content (AvgIpc) is 3.16. The summed E-state index contributed by atoms with van der Waals surface area (Å²) in [4.78, 5) is 12.9. The van der Waals surface area contributed by atoms with Crippen LogP contribution >= 0.6 is 0 Å². The maximum atomic E-state index is 12.9. The summed E-state index contributed by atoms with van der Waals surface area (Å²) in [5, 5.41) is 9.33. The van der Waals surface area contributed by atoms with E-state index in [4.69, 9.17) is 4.74 Å². The highest BCUT2D eigenvalue weighted by Crippen LogP contribution is 2.30. The molecule has 1 aliphatic carbocycles. The van der Waals surface area contributed by atoms with Gasteiger partial charge in [-0.05, 0) is 67.3 Å². The van der Waals surface area contributed by atoms with Crippen molar-refractivity contribution in [2.24, 2.45) is 5.92 Å². The fourth-order valence-corrected chi connectivity index (χ4v) is 3.98. The number of aryl methyl sites for hydroxylation is 1. The molecule has 130 valence electrons. The first-order valence-corrected chi connectivity index (χ1v) is 9.03. The van der Waals surface area contributed by atoms with Crippen LogP contribution in [0.15, 0.2) is 30.6 Å². The zero-order valence-corrected chi connectivity index (χ0v) is 14.7. The van der Waals surface area contributed by atoms with Gasteiger partial charge < -0.3 is 4.74 Å². The predicted molar refractivity (Wildman–Crippen MR) is 97.0 cm³/mol. The first-order chi connectivity index (χ1) is 12.2. The van der Waals surface area contributed by atoms with E-state index in [0.717, 1.165) is 59.8 Å². The first-order valence-electron chi connectivity index (χ1n) is 9.03. The number of pyridine rings is 1. The standard InChI is InChI=1S/C20H23N3O2/c1-3-13-10-16-11-15(6-9-18(16)23-12-21-22-20(13)23)19(24)14-4-7-17(25-2)8-5-14/h6,9-12,14,17H,3-5,7-8H2,1-2H3. The Bertz CT molecular complexity index is 923. The van der Waals surface area contributed by atoms with Crippen LogP contribution in [-0.2, 0) is 11.2 Å². The van der Waals surface area contributed by atoms with E-state index in [-0.39, 0.29) is 11.7 Å². The Morgan fingerprint density at radius 1 is 1.24 bits per heavy atom. The number of ether oxygens (including phenoxy) is 1. The van der Waals surface area contributed by atoms with Crippen molar-refractivity contribution in [2.45, 2.75) is 45.1 Å². The summed E-state index contributed by atoms with van der Waals surface area (Å²) in [5.74, 6) is 0.381. The van der Waals surface area contributed by atoms with Crippen molar-refractivity contribution in [2.75, 3.05) is 7.11 Å². The number of hydrogen-bond donors (Lipinski definition) is 0. The quantitative estimate of drug-likeness (QED) is 0.679. The fraction of sp³-hybridized carbons (Fsp3) is 0.450. The van der Waals surface area contributed by atoms with Crippen LogP contribution in [0.1, 0.15) is 48.5 Å². The maximum Gasteiger partial charge on any atom is 0.165 e. The summed E-state index contributed by atoms with van der Waals surface area (Å²) in [7, 11) is 1.76. The molecule has 4 rings (SSSR count). The average molecular weight is 337 g/mol. The number of nitrogens with zero attached hydrogens (tertiary/aromatic N) is 3. The van der Waals surface area contributed by atoms with Crippen LogP contribution in [0.25, 0.3) is 16.6 Å². The third-order valence-corrected chi connectivity index (χ3v) is 5.50. The zero-order chi connectivity index (χ0) is 17.4. The molecule has 25 heavy (non-hydrogen) atoms. The van der Waals surface area contributed by atoms with Crippen LogP contribution in [0.2, 0.25) is 0 Å². The van der Waals surface area contributed by atoms with E-state index in [9.17, 15) is 4.79 Å². The second kappa shape index (κ2) is 6.56. The maximum absolute atomic E-state index is 12.9. The van der Waals surface area contributed by atoms with Gasteiger partial charge in [-0.1, -0.05) is 6.92 Å². The monoisotopic (exact) mass is 337 g/mol. The highest BCUT2D eigenvalue weighted by molar-refractivity contribution is 6.01. The van der Waals surface area contributed by atoms with Gasteiger partial charge in [0.25, 0.3) is 0 Å². The molecule has 0 atom stereocenters. The SMILES string of the molecule is CCc1cc2cc(C(=O)C3CCC(OC)CC3)ccc2n2cnnc12. The fourth-order valence-electron chi connectivity index (χ4n) is 3.98. The van der Waals surface area contributed by atoms with Gasteiger partial charge in [0, 0.05) is 18.6 Å². The lowest BCUT2D eigenvalue weighted by atomic mass is 9.82. The third-order valence-electron chi connectivity index (χ3n) is 5.50. The summed E-state index contributed by atoms with van der Waals surface area (Å²) in [6.07, 6.45) is 6.72. The van der Waals surface area contributed by atoms with Crippen LogP contribution in [0.5, 0.6) is 0 Å². The van der Waals surface area contributed by atoms with E-state index in [1.54, 1.807) is 13.4 Å². The van der Waals surface area contributed by atoms with Crippen molar-refractivity contribution in [1.82, 2.24) is 14.6 Å². The molecule has 5 nitrogen and oxygen atoms in total. The number of carbonyl (C=O) groups excluding carboxylic acids is 1. The van der Waals surface area contributed by atoms with Gasteiger partial charge in [-0.25, -0.2) is 0 Å². The molecule has 0 radical (unpaired) electrons. The van der Waals surface area contributed by atoms with Crippen molar-refractivity contribution in [3.8, 4) is 0 Å². The van der Waals surface area contributed by atoms with Gasteiger partial charge >= 0.3 is 0 Å². The number of aromatic nitrogens is 3. The minimum Gasteiger partial charge on any atom is -0.381 e. The number of hydrogen-bond acceptors (Lipinski definition) is 4. The highest BCUT2D eigenvalue weighted by Gasteiger charge is 2.27. The second-order valence-electron chi connectivity index (χ2n) is 6.89. The van der Waals surface area contributed by atoms with Gasteiger partial charge in [-0.2, -0.15) is 0 Å². The van der Waals surface area contributed by atoms with Gasteiger partial charge in [-0.3, -0.25) is 9.20 Å². The van der Waals surface area contributed by atoms with Gasteiger partial charge in [0.05, 0.1) is 11.6 Å². The lowest BCUT2D eigenvalue weighted by molar-refractivity contribution is 0.0519. The highest BCUT2D eigenvalue weighted by atomic mass is 16.5. The van der Waals surface area contributed by atoms with E-state index < -0.39 is 0 Å². The number of methoxy groups -OCH3 is 1. The lowest BCUT2D eigenvalue weighted by Gasteiger charge is -2.26. The molecule has 0 unspecified atom stereocenters. The first kappa shape index (κ1) is 16.2. The van der Waals surface area contributed by atoms with Gasteiger partial charge in [0.2, 0.25) is 0 Å². The molecular weight excluding hydrogens is 314 g/mol. The third kappa shape index (κ3) is 2.82. The van der Waals surface area contributed by atoms with Crippen LogP contribution < -0.4 is 0 Å². The number of ketones is 1. The second-order valence-corrected chi connectivity index (χ2v) is 6.89. The van der Waals surface area contributed by atoms with E-state index in [1.807, 2.05) is 22.6 Å². The molecule has 2 aromatic heterocycles. The van der Waals surface area contributed by atoms with E-state index in [1.165, 1.54) is 0 Å². The number of carbonyl (C=O) groups is 1. The summed E-state index contributed by atoms with van der Waals surface area (Å²) in [6.45, 7) is 2.11. The Labute approximate surface area is 147 Å². The molecule has 5 heteroatoms. The molecule has 2 heterocycles. The summed E-state index contributed by atoms with van der Waals surface area (Å²) >= 11 is 0. The van der Waals surface area contributed by atoms with E-state index >= 15 is 0 Å². The van der Waals surface area contributed by atoms with Crippen molar-refractivity contribution >= 4 is 22.3 Å². The topological polar surface area (TPSA) is 56.5 Å².